The smallest absolute Gasteiger partial charge is 0.262 e. The van der Waals surface area contributed by atoms with Crippen LogP contribution in [-0.4, -0.2) is 40.6 Å². The van der Waals surface area contributed by atoms with E-state index in [1.165, 1.54) is 16.7 Å². The molecule has 0 bridgehead atoms. The molecular formula is C29H28N2O3. The number of fused-ring (bicyclic) bond motifs is 2. The van der Waals surface area contributed by atoms with E-state index in [2.05, 4.69) is 24.3 Å². The zero-order valence-corrected chi connectivity index (χ0v) is 19.3. The Bertz CT molecular complexity index is 1200. The van der Waals surface area contributed by atoms with Crippen LogP contribution in [0.3, 0.4) is 0 Å². The average molecular weight is 453 g/mol. The SMILES string of the molecule is CCN(C(=O)CN1C(=O)c2ccccc2C1=O)[C@@H]1c2ccccc2CC[C@H]1Cc1ccccc1. The number of likely N-dealkylation sites (N-methyl/N-ethyl adjacent to an activating group) is 1. The Morgan fingerprint density at radius 2 is 1.50 bits per heavy atom. The summed E-state index contributed by atoms with van der Waals surface area (Å²) < 4.78 is 0. The third kappa shape index (κ3) is 3.92. The first-order valence-corrected chi connectivity index (χ1v) is 11.9. The summed E-state index contributed by atoms with van der Waals surface area (Å²) in [6, 6.07) is 25.4. The van der Waals surface area contributed by atoms with Gasteiger partial charge in [0.15, 0.2) is 0 Å². The van der Waals surface area contributed by atoms with E-state index in [0.29, 0.717) is 17.7 Å². The molecule has 3 amide bonds. The van der Waals surface area contributed by atoms with Crippen molar-refractivity contribution in [3.8, 4) is 0 Å². The predicted molar refractivity (Wildman–Crippen MR) is 130 cm³/mol. The van der Waals surface area contributed by atoms with Crippen LogP contribution in [0.2, 0.25) is 0 Å². The molecule has 5 heteroatoms. The van der Waals surface area contributed by atoms with Gasteiger partial charge in [0.05, 0.1) is 17.2 Å². The van der Waals surface area contributed by atoms with Crippen molar-refractivity contribution in [1.82, 2.24) is 9.80 Å². The Kier molecular flexibility index (Phi) is 6.01. The number of rotatable bonds is 6. The van der Waals surface area contributed by atoms with Crippen LogP contribution in [0.25, 0.3) is 0 Å². The van der Waals surface area contributed by atoms with E-state index in [0.717, 1.165) is 24.2 Å². The van der Waals surface area contributed by atoms with Gasteiger partial charge in [0.1, 0.15) is 6.54 Å². The number of carbonyl (C=O) groups excluding carboxylic acids is 3. The molecule has 2 atom stereocenters. The molecule has 34 heavy (non-hydrogen) atoms. The maximum atomic E-state index is 13.7. The summed E-state index contributed by atoms with van der Waals surface area (Å²) in [5.41, 5.74) is 4.43. The summed E-state index contributed by atoms with van der Waals surface area (Å²) in [5, 5.41) is 0. The van der Waals surface area contributed by atoms with Crippen molar-refractivity contribution in [2.45, 2.75) is 32.2 Å². The van der Waals surface area contributed by atoms with Crippen LogP contribution in [0.5, 0.6) is 0 Å². The normalized spacial score (nSPS) is 19.0. The van der Waals surface area contributed by atoms with Gasteiger partial charge in [-0.25, -0.2) is 0 Å². The summed E-state index contributed by atoms with van der Waals surface area (Å²) in [5.74, 6) is -0.732. The monoisotopic (exact) mass is 452 g/mol. The Hall–Kier alpha value is -3.73. The number of carbonyl (C=O) groups is 3. The summed E-state index contributed by atoms with van der Waals surface area (Å²) in [4.78, 5) is 42.4. The van der Waals surface area contributed by atoms with Gasteiger partial charge in [-0.3, -0.25) is 19.3 Å². The molecule has 0 fully saturated rings. The van der Waals surface area contributed by atoms with Crippen LogP contribution in [-0.2, 0) is 17.6 Å². The Morgan fingerprint density at radius 3 is 2.18 bits per heavy atom. The number of aryl methyl sites for hydroxylation is 1. The Morgan fingerprint density at radius 1 is 0.882 bits per heavy atom. The molecule has 0 N–H and O–H groups in total. The van der Waals surface area contributed by atoms with E-state index < -0.39 is 11.8 Å². The molecule has 2 aliphatic rings. The van der Waals surface area contributed by atoms with Gasteiger partial charge in [-0.15, -0.1) is 0 Å². The Balaban J connectivity index is 1.44. The van der Waals surface area contributed by atoms with Gasteiger partial charge < -0.3 is 4.90 Å². The lowest BCUT2D eigenvalue weighted by Gasteiger charge is -2.41. The molecule has 3 aromatic rings. The van der Waals surface area contributed by atoms with E-state index >= 15 is 0 Å². The molecule has 1 aliphatic carbocycles. The van der Waals surface area contributed by atoms with Crippen molar-refractivity contribution in [1.29, 1.82) is 0 Å². The highest BCUT2D eigenvalue weighted by Gasteiger charge is 2.40. The Labute approximate surface area is 200 Å². The predicted octanol–water partition coefficient (Wildman–Crippen LogP) is 4.68. The summed E-state index contributed by atoms with van der Waals surface area (Å²) in [6.45, 7) is 2.24. The van der Waals surface area contributed by atoms with E-state index in [1.807, 2.05) is 42.2 Å². The largest absolute Gasteiger partial charge is 0.334 e. The number of imide groups is 1. The minimum absolute atomic E-state index is 0.0992. The van der Waals surface area contributed by atoms with Crippen molar-refractivity contribution in [3.05, 3.63) is 107 Å². The van der Waals surface area contributed by atoms with Crippen LogP contribution in [0.15, 0.2) is 78.9 Å². The summed E-state index contributed by atoms with van der Waals surface area (Å²) in [7, 11) is 0. The molecule has 3 aromatic carbocycles. The fourth-order valence-electron chi connectivity index (χ4n) is 5.49. The molecule has 0 radical (unpaired) electrons. The van der Waals surface area contributed by atoms with Gasteiger partial charge in [0.25, 0.3) is 11.8 Å². The van der Waals surface area contributed by atoms with E-state index in [-0.39, 0.29) is 24.4 Å². The molecule has 0 saturated heterocycles. The second kappa shape index (κ2) is 9.26. The van der Waals surface area contributed by atoms with E-state index in [9.17, 15) is 14.4 Å². The van der Waals surface area contributed by atoms with Gasteiger partial charge in [0, 0.05) is 6.54 Å². The molecule has 0 unspecified atom stereocenters. The van der Waals surface area contributed by atoms with Crippen LogP contribution < -0.4 is 0 Å². The van der Waals surface area contributed by atoms with Crippen molar-refractivity contribution in [3.63, 3.8) is 0 Å². The highest BCUT2D eigenvalue weighted by molar-refractivity contribution is 6.22. The highest BCUT2D eigenvalue weighted by atomic mass is 16.2. The van der Waals surface area contributed by atoms with Gasteiger partial charge in [0.2, 0.25) is 5.91 Å². The fourth-order valence-corrected chi connectivity index (χ4v) is 5.49. The number of nitrogens with zero attached hydrogens (tertiary/aromatic N) is 2. The van der Waals surface area contributed by atoms with Gasteiger partial charge >= 0.3 is 0 Å². The molecule has 0 aromatic heterocycles. The number of hydrogen-bond donors (Lipinski definition) is 0. The molecule has 0 spiro atoms. The minimum Gasteiger partial charge on any atom is -0.334 e. The topological polar surface area (TPSA) is 57.7 Å². The fraction of sp³-hybridized carbons (Fsp3) is 0.276. The second-order valence-corrected chi connectivity index (χ2v) is 9.05. The number of amides is 3. The lowest BCUT2D eigenvalue weighted by atomic mass is 9.76. The van der Waals surface area contributed by atoms with Crippen LogP contribution in [0.4, 0.5) is 0 Å². The van der Waals surface area contributed by atoms with E-state index in [4.69, 9.17) is 0 Å². The molecule has 172 valence electrons. The molecule has 5 rings (SSSR count). The molecule has 5 nitrogen and oxygen atoms in total. The van der Waals surface area contributed by atoms with Crippen molar-refractivity contribution < 1.29 is 14.4 Å². The summed E-state index contributed by atoms with van der Waals surface area (Å²) in [6.07, 6.45) is 2.83. The zero-order chi connectivity index (χ0) is 23.7. The van der Waals surface area contributed by atoms with Crippen molar-refractivity contribution in [2.24, 2.45) is 5.92 Å². The standard InChI is InChI=1S/C29H28N2O3/c1-2-30(26(32)19-31-28(33)24-14-8-9-15-25(24)29(31)34)27-22(18-20-10-4-3-5-11-20)17-16-21-12-6-7-13-23(21)27/h3-15,22,27H,2,16-19H2,1H3/t22-,27-/m0/s1. The third-order valence-electron chi connectivity index (χ3n) is 7.11. The molecule has 1 aliphatic heterocycles. The van der Waals surface area contributed by atoms with Gasteiger partial charge in [-0.05, 0) is 60.9 Å². The van der Waals surface area contributed by atoms with Crippen molar-refractivity contribution in [2.75, 3.05) is 13.1 Å². The van der Waals surface area contributed by atoms with Crippen LogP contribution in [0, 0.1) is 5.92 Å². The van der Waals surface area contributed by atoms with E-state index in [1.54, 1.807) is 24.3 Å². The molecule has 1 heterocycles. The number of hydrogen-bond acceptors (Lipinski definition) is 3. The maximum absolute atomic E-state index is 13.7. The first kappa shape index (κ1) is 22.1. The average Bonchev–Trinajstić information content (AvgIpc) is 3.11. The molecular weight excluding hydrogens is 424 g/mol. The lowest BCUT2D eigenvalue weighted by molar-refractivity contribution is -0.135. The van der Waals surface area contributed by atoms with Crippen molar-refractivity contribution >= 4 is 17.7 Å². The minimum atomic E-state index is -0.394. The van der Waals surface area contributed by atoms with Gasteiger partial charge in [-0.2, -0.15) is 0 Å². The first-order chi connectivity index (χ1) is 16.6. The maximum Gasteiger partial charge on any atom is 0.262 e. The summed E-state index contributed by atoms with van der Waals surface area (Å²) >= 11 is 0. The first-order valence-electron chi connectivity index (χ1n) is 11.9. The quantitative estimate of drug-likeness (QED) is 0.511. The van der Waals surface area contributed by atoms with Crippen LogP contribution in [0.1, 0.15) is 56.8 Å². The zero-order valence-electron chi connectivity index (χ0n) is 19.3. The second-order valence-electron chi connectivity index (χ2n) is 9.05. The number of benzene rings is 3. The van der Waals surface area contributed by atoms with Gasteiger partial charge in [-0.1, -0.05) is 66.7 Å². The van der Waals surface area contributed by atoms with Crippen LogP contribution >= 0.6 is 0 Å². The lowest BCUT2D eigenvalue weighted by Crippen LogP contribution is -2.47. The molecule has 0 saturated carbocycles. The highest BCUT2D eigenvalue weighted by Crippen LogP contribution is 2.40. The third-order valence-corrected chi connectivity index (χ3v) is 7.11.